The molecule has 2 nitrogen and oxygen atoms in total. The van der Waals surface area contributed by atoms with E-state index in [1.165, 1.54) is 116 Å². The van der Waals surface area contributed by atoms with Crippen LogP contribution in [0.25, 0.3) is 66.4 Å². The van der Waals surface area contributed by atoms with Crippen molar-refractivity contribution >= 4 is 48.1 Å². The summed E-state index contributed by atoms with van der Waals surface area (Å²) in [6.07, 6.45) is 7.31. The second kappa shape index (κ2) is 18.3. The third-order valence-corrected chi connectivity index (χ3v) is 10.9. The van der Waals surface area contributed by atoms with Gasteiger partial charge in [0.1, 0.15) is 0 Å². The summed E-state index contributed by atoms with van der Waals surface area (Å²) < 4.78 is 11.7. The Morgan fingerprint density at radius 1 is 0.536 bits per heavy atom. The van der Waals surface area contributed by atoms with E-state index in [1.54, 1.807) is 11.1 Å². The minimum atomic E-state index is -0.826. The number of hydrogen-bond acceptors (Lipinski definition) is 2. The molecular weight excluding hydrogens is 823 g/mol. The van der Waals surface area contributed by atoms with Crippen molar-refractivity contribution in [2.75, 3.05) is 0 Å². The molecule has 0 aliphatic heterocycles. The zero-order valence-corrected chi connectivity index (χ0v) is 38.2. The second-order valence-electron chi connectivity index (χ2n) is 15.1. The van der Waals surface area contributed by atoms with Crippen LogP contribution in [0.15, 0.2) is 118 Å². The van der Waals surface area contributed by atoms with E-state index in [0.717, 1.165) is 32.6 Å². The van der Waals surface area contributed by atoms with Crippen molar-refractivity contribution in [1.29, 1.82) is 0 Å². The van der Waals surface area contributed by atoms with Crippen molar-refractivity contribution < 1.29 is 29.7 Å². The van der Waals surface area contributed by atoms with Gasteiger partial charge in [0.15, 0.2) is 0 Å². The summed E-state index contributed by atoms with van der Waals surface area (Å²) in [5, 5.41) is 5.38. The fourth-order valence-electron chi connectivity index (χ4n) is 8.41. The van der Waals surface area contributed by atoms with E-state index >= 15 is 0 Å². The first kappa shape index (κ1) is 40.5. The third kappa shape index (κ3) is 8.75. The molecule has 2 aromatic heterocycles. The third-order valence-electron chi connectivity index (χ3n) is 10.9. The molecule has 6 aromatic carbocycles. The molecule has 8 aromatic rings. The molecule has 2 aliphatic carbocycles. The van der Waals surface area contributed by atoms with Crippen LogP contribution >= 0.6 is 17.0 Å². The molecule has 0 atom stereocenters. The Labute approximate surface area is 353 Å². The number of benzene rings is 4. The quantitative estimate of drug-likeness (QED) is 0.130. The molecule has 0 amide bonds. The Morgan fingerprint density at radius 3 is 1.25 bits per heavy atom. The fourth-order valence-corrected chi connectivity index (χ4v) is 8.41. The molecule has 2 aliphatic rings. The van der Waals surface area contributed by atoms with Gasteiger partial charge < -0.3 is 8.83 Å². The number of furan rings is 2. The van der Waals surface area contributed by atoms with Gasteiger partial charge in [-0.25, -0.2) is 0 Å². The van der Waals surface area contributed by atoms with Crippen LogP contribution in [0.1, 0.15) is 57.7 Å². The average molecular weight is 871 g/mol. The van der Waals surface area contributed by atoms with Crippen molar-refractivity contribution in [2.45, 2.75) is 79.3 Å². The molecule has 0 spiro atoms. The Bertz CT molecular complexity index is 2390. The Morgan fingerprint density at radius 2 is 0.911 bits per heavy atom. The zero-order valence-electron chi connectivity index (χ0n) is 33.2. The van der Waals surface area contributed by atoms with Crippen LogP contribution in [0.2, 0.25) is 13.1 Å². The number of halogens is 2. The van der Waals surface area contributed by atoms with E-state index in [4.69, 9.17) is 25.9 Å². The second-order valence-corrected chi connectivity index (χ2v) is 19.8. The van der Waals surface area contributed by atoms with Crippen LogP contribution in [0.3, 0.4) is 0 Å². The van der Waals surface area contributed by atoms with Crippen molar-refractivity contribution in [3.8, 4) is 44.9 Å². The first-order valence-corrected chi connectivity index (χ1v) is 27.9. The van der Waals surface area contributed by atoms with E-state index in [1.807, 2.05) is 26.0 Å². The number of hydrogen-bond donors (Lipinski definition) is 0. The van der Waals surface area contributed by atoms with Crippen molar-refractivity contribution in [1.82, 2.24) is 0 Å². The van der Waals surface area contributed by atoms with Crippen LogP contribution in [0.5, 0.6) is 0 Å². The molecule has 0 N–H and O–H groups in total. The summed E-state index contributed by atoms with van der Waals surface area (Å²) in [6, 6.07) is 40.1. The molecule has 0 bridgehead atoms. The van der Waals surface area contributed by atoms with Gasteiger partial charge >= 0.3 is 37.9 Å². The van der Waals surface area contributed by atoms with E-state index in [9.17, 15) is 0 Å². The van der Waals surface area contributed by atoms with Crippen LogP contribution in [0.4, 0.5) is 0 Å². The van der Waals surface area contributed by atoms with E-state index in [-0.39, 0.29) is 0 Å². The summed E-state index contributed by atoms with van der Waals surface area (Å²) in [5.41, 5.74) is 16.6. The molecule has 0 fully saturated rings. The topological polar surface area (TPSA) is 26.3 Å². The predicted molar refractivity (Wildman–Crippen MR) is 238 cm³/mol. The zero-order chi connectivity index (χ0) is 39.3. The van der Waals surface area contributed by atoms with Gasteiger partial charge in [-0.2, -0.15) is 0 Å². The first-order chi connectivity index (χ1) is 27.2. The minimum absolute atomic E-state index is 0.826. The molecule has 2 radical (unpaired) electrons. The average Bonchev–Trinajstić information content (AvgIpc) is 4.04. The Hall–Kier alpha value is -3.66. The van der Waals surface area contributed by atoms with E-state index < -0.39 is 20.8 Å². The monoisotopic (exact) mass is 868 g/mol. The normalized spacial score (nSPS) is 12.6. The molecule has 0 saturated heterocycles. The van der Waals surface area contributed by atoms with Crippen LogP contribution < -0.4 is 0 Å². The molecule has 10 rings (SSSR count). The van der Waals surface area contributed by atoms with Crippen LogP contribution in [-0.4, -0.2) is 9.52 Å². The maximum absolute atomic E-state index is 5.86. The summed E-state index contributed by atoms with van der Waals surface area (Å²) in [6.45, 7) is 12.6. The molecule has 2 heterocycles. The number of fused-ring (bicyclic) bond motifs is 4. The van der Waals surface area contributed by atoms with Gasteiger partial charge in [0.2, 0.25) is 0 Å². The fraction of sp³-hybridized carbons (Fsp3) is 0.240. The van der Waals surface area contributed by atoms with Crippen LogP contribution in [-0.2, 0) is 46.5 Å². The van der Waals surface area contributed by atoms with Crippen molar-refractivity contribution in [3.05, 3.63) is 154 Å². The van der Waals surface area contributed by atoms with Gasteiger partial charge in [-0.1, -0.05) is 106 Å². The summed E-state index contributed by atoms with van der Waals surface area (Å²) in [4.78, 5) is 0. The Kier molecular flexibility index (Phi) is 13.2. The van der Waals surface area contributed by atoms with Gasteiger partial charge in [0.05, 0.1) is 23.0 Å². The molecule has 6 heteroatoms. The molecular formula is C50H48Cl2O2SiZr. The maximum atomic E-state index is 5.86. The van der Waals surface area contributed by atoms with Gasteiger partial charge in [-0.3, -0.25) is 0 Å². The van der Waals surface area contributed by atoms with Gasteiger partial charge in [0.25, 0.3) is 0 Å². The van der Waals surface area contributed by atoms with Gasteiger partial charge in [-0.05, 0) is 113 Å². The molecule has 0 unspecified atom stereocenters. The summed E-state index contributed by atoms with van der Waals surface area (Å²) >= 11 is -0.826. The van der Waals surface area contributed by atoms with Crippen molar-refractivity contribution in [2.24, 2.45) is 0 Å². The predicted octanol–water partition coefficient (Wildman–Crippen LogP) is 15.3. The number of aryl methyl sites for hydroxylation is 6. The number of rotatable bonds is 4. The van der Waals surface area contributed by atoms with E-state index in [2.05, 4.69) is 124 Å². The van der Waals surface area contributed by atoms with E-state index in [0.29, 0.717) is 0 Å². The molecule has 56 heavy (non-hydrogen) atoms. The van der Waals surface area contributed by atoms with Crippen molar-refractivity contribution in [3.63, 3.8) is 0 Å². The summed E-state index contributed by atoms with van der Waals surface area (Å²) in [5.74, 6) is 3.84. The molecule has 0 saturated carbocycles. The molecule has 282 valence electrons. The van der Waals surface area contributed by atoms with Crippen LogP contribution in [0, 0.1) is 27.7 Å². The van der Waals surface area contributed by atoms with Gasteiger partial charge in [0, 0.05) is 9.52 Å². The standard InChI is InChI=1S/2C24H21O.C2H6Si.2ClH.Zr/c2*1-15-6-9-17(10-7-15)24-21-5-3-4-18(21)12-19-13-20(14-22(19)24)23-11-8-16(2)25-23;1-3-2;;;/h2*6-14H,3-5H2,1-2H3;1-2H3;2*1H;/q2*-1;;;;+4/p-2. The first-order valence-electron chi connectivity index (χ1n) is 19.5. The summed E-state index contributed by atoms with van der Waals surface area (Å²) in [7, 11) is 11.0. The SMILES string of the molecule is C[Si]C.Cc1ccc(-c2c3c(cc4[cH-]c(-c5ccc(C)o5)cc24)CCC3)cc1.Cc1ccc(-c2c3c(cc4[cH-]c(-c5ccc(C)o5)cc24)CCC3)cc1.[Cl][Zr+2][Cl]. The Balaban J connectivity index is 0.000000151. The van der Waals surface area contributed by atoms with Gasteiger partial charge in [-0.15, -0.1) is 57.9 Å².